The van der Waals surface area contributed by atoms with Gasteiger partial charge in [0.2, 0.25) is 0 Å². The molecule has 0 radical (unpaired) electrons. The third-order valence-corrected chi connectivity index (χ3v) is 4.61. The van der Waals surface area contributed by atoms with Crippen LogP contribution in [0.2, 0.25) is 5.02 Å². The van der Waals surface area contributed by atoms with Gasteiger partial charge in [-0.1, -0.05) is 11.6 Å². The number of aryl methyl sites for hydroxylation is 2. The van der Waals surface area contributed by atoms with E-state index in [9.17, 15) is 9.18 Å². The van der Waals surface area contributed by atoms with E-state index in [1.54, 1.807) is 46.2 Å². The molecule has 0 bridgehead atoms. The summed E-state index contributed by atoms with van der Waals surface area (Å²) in [5.41, 5.74) is 3.05. The number of nitrogens with zero attached hydrogens (tertiary/aromatic N) is 3. The number of rotatable bonds is 4. The molecule has 0 aliphatic rings. The molecule has 0 aliphatic carbocycles. The van der Waals surface area contributed by atoms with E-state index >= 15 is 0 Å². The number of hydrogen-bond acceptors (Lipinski definition) is 4. The second-order valence-corrected chi connectivity index (χ2v) is 6.77. The molecular formula is C20H19ClFN3O2. The van der Waals surface area contributed by atoms with Crippen molar-refractivity contribution >= 4 is 28.5 Å². The standard InChI is InChI=1S/C20H19ClFN3O2/c1-11-12(2)24-19-16(8-15(22)9-17(19)23-11)20(26)25(3)10-13-7-14(21)5-6-18(13)27-4/h5-9H,10H2,1-4H3. The SMILES string of the molecule is COc1ccc(Cl)cc1CN(C)C(=O)c1cc(F)cc2nc(C)c(C)nc12. The molecule has 27 heavy (non-hydrogen) atoms. The summed E-state index contributed by atoms with van der Waals surface area (Å²) in [7, 11) is 3.18. The van der Waals surface area contributed by atoms with Gasteiger partial charge >= 0.3 is 0 Å². The lowest BCUT2D eigenvalue weighted by Gasteiger charge is -2.20. The van der Waals surface area contributed by atoms with E-state index in [0.717, 1.165) is 5.56 Å². The molecule has 2 aromatic carbocycles. The van der Waals surface area contributed by atoms with Crippen molar-refractivity contribution in [3.05, 3.63) is 63.7 Å². The van der Waals surface area contributed by atoms with Gasteiger partial charge in [0.25, 0.3) is 5.91 Å². The molecule has 1 heterocycles. The van der Waals surface area contributed by atoms with Crippen molar-refractivity contribution in [2.45, 2.75) is 20.4 Å². The highest BCUT2D eigenvalue weighted by atomic mass is 35.5. The molecular weight excluding hydrogens is 369 g/mol. The molecule has 7 heteroatoms. The molecule has 1 aromatic heterocycles. The van der Waals surface area contributed by atoms with Crippen LogP contribution in [0.15, 0.2) is 30.3 Å². The van der Waals surface area contributed by atoms with E-state index in [2.05, 4.69) is 9.97 Å². The van der Waals surface area contributed by atoms with Crippen LogP contribution < -0.4 is 4.74 Å². The van der Waals surface area contributed by atoms with Crippen LogP contribution in [0.3, 0.4) is 0 Å². The number of fused-ring (bicyclic) bond motifs is 1. The Bertz CT molecular complexity index is 1040. The first kappa shape index (κ1) is 19.0. The summed E-state index contributed by atoms with van der Waals surface area (Å²) in [5, 5.41) is 0.542. The highest BCUT2D eigenvalue weighted by molar-refractivity contribution is 6.30. The molecule has 0 unspecified atom stereocenters. The molecule has 5 nitrogen and oxygen atoms in total. The zero-order valence-electron chi connectivity index (χ0n) is 15.5. The highest BCUT2D eigenvalue weighted by Crippen LogP contribution is 2.25. The van der Waals surface area contributed by atoms with Crippen molar-refractivity contribution in [2.75, 3.05) is 14.2 Å². The minimum absolute atomic E-state index is 0.170. The highest BCUT2D eigenvalue weighted by Gasteiger charge is 2.20. The van der Waals surface area contributed by atoms with Crippen LogP contribution in [0.5, 0.6) is 5.75 Å². The average Bonchev–Trinajstić information content (AvgIpc) is 2.62. The minimum Gasteiger partial charge on any atom is -0.496 e. The van der Waals surface area contributed by atoms with Gasteiger partial charge in [-0.25, -0.2) is 14.4 Å². The summed E-state index contributed by atoms with van der Waals surface area (Å²) in [6.45, 7) is 3.85. The molecule has 3 aromatic rings. The third kappa shape index (κ3) is 3.85. The van der Waals surface area contributed by atoms with Gasteiger partial charge < -0.3 is 9.64 Å². The van der Waals surface area contributed by atoms with Crippen molar-refractivity contribution in [1.82, 2.24) is 14.9 Å². The Morgan fingerprint density at radius 2 is 1.89 bits per heavy atom. The summed E-state index contributed by atoms with van der Waals surface area (Å²) >= 11 is 6.06. The Kier molecular flexibility index (Phi) is 5.28. The second kappa shape index (κ2) is 7.48. The number of benzene rings is 2. The molecule has 0 N–H and O–H groups in total. The van der Waals surface area contributed by atoms with Gasteiger partial charge in [0.1, 0.15) is 17.1 Å². The van der Waals surface area contributed by atoms with Crippen LogP contribution in [0.1, 0.15) is 27.3 Å². The maximum atomic E-state index is 14.1. The first-order valence-electron chi connectivity index (χ1n) is 8.32. The van der Waals surface area contributed by atoms with Crippen molar-refractivity contribution in [3.63, 3.8) is 0 Å². The lowest BCUT2D eigenvalue weighted by atomic mass is 10.1. The van der Waals surface area contributed by atoms with Crippen LogP contribution in [0, 0.1) is 19.7 Å². The van der Waals surface area contributed by atoms with E-state index in [-0.39, 0.29) is 18.0 Å². The average molecular weight is 388 g/mol. The zero-order chi connectivity index (χ0) is 19.7. The van der Waals surface area contributed by atoms with E-state index in [0.29, 0.717) is 33.2 Å². The topological polar surface area (TPSA) is 55.3 Å². The largest absolute Gasteiger partial charge is 0.496 e. The van der Waals surface area contributed by atoms with Gasteiger partial charge in [-0.2, -0.15) is 0 Å². The lowest BCUT2D eigenvalue weighted by Crippen LogP contribution is -2.27. The number of carbonyl (C=O) groups is 1. The Hall–Kier alpha value is -2.73. The van der Waals surface area contributed by atoms with Crippen LogP contribution in [-0.4, -0.2) is 34.9 Å². The van der Waals surface area contributed by atoms with Gasteiger partial charge in [0.15, 0.2) is 0 Å². The molecule has 0 aliphatic heterocycles. The fourth-order valence-corrected chi connectivity index (χ4v) is 3.06. The van der Waals surface area contributed by atoms with Crippen LogP contribution in [-0.2, 0) is 6.54 Å². The van der Waals surface area contributed by atoms with Crippen LogP contribution in [0.4, 0.5) is 4.39 Å². The molecule has 0 saturated heterocycles. The Morgan fingerprint density at radius 3 is 2.59 bits per heavy atom. The molecule has 1 amide bonds. The normalized spacial score (nSPS) is 10.9. The van der Waals surface area contributed by atoms with Crippen LogP contribution in [0.25, 0.3) is 11.0 Å². The van der Waals surface area contributed by atoms with Gasteiger partial charge in [-0.15, -0.1) is 0 Å². The molecule has 0 fully saturated rings. The maximum absolute atomic E-state index is 14.1. The van der Waals surface area contributed by atoms with E-state index in [1.165, 1.54) is 17.0 Å². The lowest BCUT2D eigenvalue weighted by molar-refractivity contribution is 0.0785. The van der Waals surface area contributed by atoms with E-state index in [4.69, 9.17) is 16.3 Å². The zero-order valence-corrected chi connectivity index (χ0v) is 16.3. The first-order valence-corrected chi connectivity index (χ1v) is 8.70. The van der Waals surface area contributed by atoms with Gasteiger partial charge in [-0.3, -0.25) is 4.79 Å². The number of amides is 1. The first-order chi connectivity index (χ1) is 12.8. The van der Waals surface area contributed by atoms with Gasteiger partial charge in [0.05, 0.1) is 29.6 Å². The predicted molar refractivity (Wildman–Crippen MR) is 103 cm³/mol. The van der Waals surface area contributed by atoms with Gasteiger partial charge in [-0.05, 0) is 38.1 Å². The van der Waals surface area contributed by atoms with Crippen molar-refractivity contribution < 1.29 is 13.9 Å². The van der Waals surface area contributed by atoms with E-state index < -0.39 is 5.82 Å². The second-order valence-electron chi connectivity index (χ2n) is 6.33. The molecule has 0 spiro atoms. The number of halogens is 2. The van der Waals surface area contributed by atoms with Gasteiger partial charge in [0, 0.05) is 30.2 Å². The Labute approximate surface area is 161 Å². The molecule has 0 saturated carbocycles. The number of aromatic nitrogens is 2. The summed E-state index contributed by atoms with van der Waals surface area (Å²) < 4.78 is 19.4. The van der Waals surface area contributed by atoms with Crippen molar-refractivity contribution in [1.29, 1.82) is 0 Å². The summed E-state index contributed by atoms with van der Waals surface area (Å²) in [6.07, 6.45) is 0. The smallest absolute Gasteiger partial charge is 0.256 e. The molecule has 0 atom stereocenters. The third-order valence-electron chi connectivity index (χ3n) is 4.37. The molecule has 3 rings (SSSR count). The molecule has 140 valence electrons. The Morgan fingerprint density at radius 1 is 1.19 bits per heavy atom. The Balaban J connectivity index is 2.00. The maximum Gasteiger partial charge on any atom is 0.256 e. The number of methoxy groups -OCH3 is 1. The summed E-state index contributed by atoms with van der Waals surface area (Å²) in [6, 6.07) is 7.67. The number of ether oxygens (including phenoxy) is 1. The number of hydrogen-bond donors (Lipinski definition) is 0. The van der Waals surface area contributed by atoms with Crippen molar-refractivity contribution in [3.8, 4) is 5.75 Å². The summed E-state index contributed by atoms with van der Waals surface area (Å²) in [4.78, 5) is 23.3. The quantitative estimate of drug-likeness (QED) is 0.669. The fourth-order valence-electron chi connectivity index (χ4n) is 2.86. The minimum atomic E-state index is -0.530. The summed E-state index contributed by atoms with van der Waals surface area (Å²) in [5.74, 6) is -0.273. The monoisotopic (exact) mass is 387 g/mol. The number of carbonyl (C=O) groups excluding carboxylic acids is 1. The van der Waals surface area contributed by atoms with Crippen molar-refractivity contribution in [2.24, 2.45) is 0 Å². The van der Waals surface area contributed by atoms with Crippen LogP contribution >= 0.6 is 11.6 Å². The van der Waals surface area contributed by atoms with E-state index in [1.807, 2.05) is 0 Å². The fraction of sp³-hybridized carbons (Fsp3) is 0.250. The predicted octanol–water partition coefficient (Wildman–Crippen LogP) is 4.32.